The lowest BCUT2D eigenvalue weighted by atomic mass is 9.78. The summed E-state index contributed by atoms with van der Waals surface area (Å²) >= 11 is 0. The van der Waals surface area contributed by atoms with Crippen LogP contribution >= 0.6 is 0 Å². The summed E-state index contributed by atoms with van der Waals surface area (Å²) < 4.78 is 44.3. The number of hydrogen-bond acceptors (Lipinski definition) is 19. The van der Waals surface area contributed by atoms with Crippen molar-refractivity contribution >= 4 is 24.0 Å². The summed E-state index contributed by atoms with van der Waals surface area (Å²) in [6, 6.07) is 6.09. The van der Waals surface area contributed by atoms with Crippen LogP contribution in [0.3, 0.4) is 0 Å². The van der Waals surface area contributed by atoms with E-state index < -0.39 is 122 Å². The maximum Gasteiger partial charge on any atom is 0.338 e. The number of hydrogen-bond donors (Lipinski definition) is 8. The number of aliphatic hydroxyl groups is 8. The molecule has 4 heterocycles. The SMILES string of the molecule is COC(=O)C1=CO[C@@H](O[C@H]2O[C@@H](CO)[C@H](O)[C@@H](O)[C@@H]2O)[C@H]2[C@@H]1C=C[C@@]21C=C([C@H](C)OC(=O)/C=C/c2ccc(O[C@@H]3O[C@H](CO)[C@H](O)[C@@H](O)[C@@H]3O)cc2)C(=O)O1. The molecule has 0 bridgehead atoms. The van der Waals surface area contributed by atoms with Gasteiger partial charge in [-0.3, -0.25) is 0 Å². The molecule has 2 fully saturated rings. The predicted octanol–water partition coefficient (Wildman–Crippen LogP) is -2.94. The molecule has 1 aliphatic carbocycles. The number of carbonyl (C=O) groups is 3. The average Bonchev–Trinajstić information content (AvgIpc) is 3.73. The minimum absolute atomic E-state index is 0.0465. The van der Waals surface area contributed by atoms with Crippen LogP contribution in [0.4, 0.5) is 0 Å². The van der Waals surface area contributed by atoms with Crippen LogP contribution in [0.5, 0.6) is 5.75 Å². The lowest BCUT2D eigenvalue weighted by Crippen LogP contribution is -2.60. The van der Waals surface area contributed by atoms with E-state index in [2.05, 4.69) is 0 Å². The fourth-order valence-electron chi connectivity index (χ4n) is 6.96. The first kappa shape index (κ1) is 40.4. The van der Waals surface area contributed by atoms with Crippen LogP contribution in [0.15, 0.2) is 66.0 Å². The highest BCUT2D eigenvalue weighted by Gasteiger charge is 2.60. The van der Waals surface area contributed by atoms with Crippen molar-refractivity contribution in [2.45, 2.75) is 86.3 Å². The predicted molar refractivity (Wildman–Crippen MR) is 178 cm³/mol. The molecule has 15 atom stereocenters. The van der Waals surface area contributed by atoms with Gasteiger partial charge in [0.25, 0.3) is 0 Å². The smallest absolute Gasteiger partial charge is 0.338 e. The minimum atomic E-state index is -1.79. The number of rotatable bonds is 11. The molecule has 19 nitrogen and oxygen atoms in total. The van der Waals surface area contributed by atoms with E-state index in [4.69, 9.17) is 37.9 Å². The molecule has 4 aliphatic heterocycles. The van der Waals surface area contributed by atoms with Crippen LogP contribution in [0.25, 0.3) is 6.08 Å². The van der Waals surface area contributed by atoms with Gasteiger partial charge in [0.15, 0.2) is 11.9 Å². The first-order valence-electron chi connectivity index (χ1n) is 17.2. The summed E-state index contributed by atoms with van der Waals surface area (Å²) in [5.74, 6) is -4.10. The zero-order valence-electron chi connectivity index (χ0n) is 29.3. The topological polar surface area (TPSA) is 287 Å². The van der Waals surface area contributed by atoms with E-state index >= 15 is 0 Å². The van der Waals surface area contributed by atoms with E-state index in [1.165, 1.54) is 44.4 Å². The number of ether oxygens (including phenoxy) is 8. The molecule has 5 aliphatic rings. The molecule has 55 heavy (non-hydrogen) atoms. The summed E-state index contributed by atoms with van der Waals surface area (Å²) in [6.07, 6.45) is -9.86. The third kappa shape index (κ3) is 7.91. The van der Waals surface area contributed by atoms with Crippen molar-refractivity contribution in [3.8, 4) is 5.75 Å². The third-order valence-electron chi connectivity index (χ3n) is 10.0. The highest BCUT2D eigenvalue weighted by Crippen LogP contribution is 2.51. The normalized spacial score (nSPS) is 38.8. The monoisotopic (exact) mass is 778 g/mol. The van der Waals surface area contributed by atoms with Crippen molar-refractivity contribution in [1.29, 1.82) is 0 Å². The van der Waals surface area contributed by atoms with Crippen molar-refractivity contribution in [2.24, 2.45) is 11.8 Å². The Morgan fingerprint density at radius 3 is 2.11 bits per heavy atom. The van der Waals surface area contributed by atoms with Crippen LogP contribution < -0.4 is 4.74 Å². The van der Waals surface area contributed by atoms with Crippen molar-refractivity contribution < 1.29 is 93.1 Å². The number of benzene rings is 1. The standard InChI is InChI=1S/C36H42O19/c1-15(50-23(39)8-5-16-3-6-17(7-4-16)51-34-29(44)27(42)25(40)21(12-37)52-34)19-11-36(55-32(19)47)10-9-18-20(31(46)48-2)14-49-33(24(18)36)54-35-30(45)28(43)26(41)22(13-38)53-35/h3-11,14-15,18,21-22,24-30,33-35,37-38,40-45H,12-13H2,1-2H3/b8-5+/t15-,18+,21+,22-,24+,25-,26-,27+,28+,29-,30-,33-,34+,35+,36+/m0/s1. The van der Waals surface area contributed by atoms with Crippen LogP contribution in [0.2, 0.25) is 0 Å². The summed E-state index contributed by atoms with van der Waals surface area (Å²) in [5, 5.41) is 80.2. The Hall–Kier alpha value is -4.25. The van der Waals surface area contributed by atoms with Crippen molar-refractivity contribution in [1.82, 2.24) is 0 Å². The molecule has 6 rings (SSSR count). The van der Waals surface area contributed by atoms with E-state index in [9.17, 15) is 55.2 Å². The van der Waals surface area contributed by atoms with Gasteiger partial charge < -0.3 is 78.7 Å². The van der Waals surface area contributed by atoms with Crippen molar-refractivity contribution in [3.63, 3.8) is 0 Å². The summed E-state index contributed by atoms with van der Waals surface area (Å²) in [6.45, 7) is 0.110. The van der Waals surface area contributed by atoms with Crippen LogP contribution in [0.1, 0.15) is 12.5 Å². The molecular weight excluding hydrogens is 736 g/mol. The fourth-order valence-corrected chi connectivity index (χ4v) is 6.96. The van der Waals surface area contributed by atoms with Gasteiger partial charge in [-0.1, -0.05) is 18.2 Å². The number of methoxy groups -OCH3 is 1. The Labute approximate surface area is 312 Å². The molecule has 1 aromatic rings. The molecule has 1 aromatic carbocycles. The average molecular weight is 779 g/mol. The molecule has 0 saturated carbocycles. The van der Waals surface area contributed by atoms with Gasteiger partial charge in [-0.15, -0.1) is 0 Å². The summed E-state index contributed by atoms with van der Waals surface area (Å²) in [7, 11) is 1.17. The van der Waals surface area contributed by atoms with Crippen molar-refractivity contribution in [3.05, 3.63) is 71.5 Å². The summed E-state index contributed by atoms with van der Waals surface area (Å²) in [4.78, 5) is 38.8. The first-order chi connectivity index (χ1) is 26.2. The number of allylic oxidation sites excluding steroid dienone is 1. The minimum Gasteiger partial charge on any atom is -0.471 e. The second kappa shape index (κ2) is 16.5. The lowest BCUT2D eigenvalue weighted by molar-refractivity contribution is -0.344. The molecule has 300 valence electrons. The second-order valence-corrected chi connectivity index (χ2v) is 13.5. The molecule has 0 aromatic heterocycles. The van der Waals surface area contributed by atoms with E-state index in [0.717, 1.165) is 12.3 Å². The van der Waals surface area contributed by atoms with Gasteiger partial charge in [-0.05, 0) is 42.8 Å². The highest BCUT2D eigenvalue weighted by atomic mass is 16.8. The quantitative estimate of drug-likeness (QED) is 0.0483. The molecule has 0 unspecified atom stereocenters. The van der Waals surface area contributed by atoms with Gasteiger partial charge in [-0.25, -0.2) is 14.4 Å². The second-order valence-electron chi connectivity index (χ2n) is 13.5. The Kier molecular flexibility index (Phi) is 12.1. The Morgan fingerprint density at radius 1 is 0.873 bits per heavy atom. The maximum atomic E-state index is 13.3. The number of fused-ring (bicyclic) bond motifs is 2. The van der Waals surface area contributed by atoms with Gasteiger partial charge in [0, 0.05) is 12.0 Å². The van der Waals surface area contributed by atoms with Gasteiger partial charge in [-0.2, -0.15) is 0 Å². The Balaban J connectivity index is 1.13. The Morgan fingerprint density at radius 2 is 1.49 bits per heavy atom. The van der Waals surface area contributed by atoms with Gasteiger partial charge in [0.1, 0.15) is 60.7 Å². The van der Waals surface area contributed by atoms with E-state index in [0.29, 0.717) is 5.56 Å². The zero-order valence-corrected chi connectivity index (χ0v) is 29.3. The molecule has 2 saturated heterocycles. The van der Waals surface area contributed by atoms with Gasteiger partial charge >= 0.3 is 17.9 Å². The molecule has 8 N–H and O–H groups in total. The van der Waals surface area contributed by atoms with Gasteiger partial charge in [0.05, 0.1) is 43.6 Å². The highest BCUT2D eigenvalue weighted by molar-refractivity contribution is 5.95. The van der Waals surface area contributed by atoms with E-state index in [-0.39, 0.29) is 16.9 Å². The molecule has 0 amide bonds. The maximum absolute atomic E-state index is 13.3. The van der Waals surface area contributed by atoms with Crippen molar-refractivity contribution in [2.75, 3.05) is 20.3 Å². The van der Waals surface area contributed by atoms with E-state index in [1.807, 2.05) is 0 Å². The summed E-state index contributed by atoms with van der Waals surface area (Å²) in [5.41, 5.74) is -1.12. The van der Waals surface area contributed by atoms with Crippen LogP contribution in [-0.2, 0) is 47.5 Å². The van der Waals surface area contributed by atoms with E-state index in [1.54, 1.807) is 18.2 Å². The van der Waals surface area contributed by atoms with Crippen LogP contribution in [-0.4, -0.2) is 158 Å². The first-order valence-corrected chi connectivity index (χ1v) is 17.2. The molecular formula is C36H42O19. The van der Waals surface area contributed by atoms with Crippen LogP contribution in [0, 0.1) is 11.8 Å². The Bertz CT molecular complexity index is 1700. The molecule has 0 radical (unpaired) electrons. The zero-order chi connectivity index (χ0) is 39.8. The lowest BCUT2D eigenvalue weighted by Gasteiger charge is -2.44. The number of aliphatic hydroxyl groups excluding tert-OH is 8. The number of carbonyl (C=O) groups excluding carboxylic acids is 3. The number of esters is 3. The molecule has 19 heteroatoms. The fraction of sp³-hybridized carbons (Fsp3) is 0.528. The molecule has 1 spiro atoms. The van der Waals surface area contributed by atoms with Gasteiger partial charge in [0.2, 0.25) is 12.6 Å². The third-order valence-corrected chi connectivity index (χ3v) is 10.0. The largest absolute Gasteiger partial charge is 0.471 e.